The highest BCUT2D eigenvalue weighted by molar-refractivity contribution is 4.69. The summed E-state index contributed by atoms with van der Waals surface area (Å²) in [5.74, 6) is 0. The molecule has 0 spiro atoms. The van der Waals surface area contributed by atoms with Gasteiger partial charge in [-0.25, -0.2) is 4.90 Å². The summed E-state index contributed by atoms with van der Waals surface area (Å²) in [6.07, 6.45) is 2.94. The predicted molar refractivity (Wildman–Crippen MR) is 36.0 cm³/mol. The van der Waals surface area contributed by atoms with Gasteiger partial charge in [-0.3, -0.25) is 0 Å². The minimum atomic E-state index is -2.60. The molecule has 1 rings (SSSR count). The van der Waals surface area contributed by atoms with Crippen molar-refractivity contribution < 1.29 is 8.78 Å². The van der Waals surface area contributed by atoms with Crippen LogP contribution in [0.3, 0.4) is 0 Å². The fraction of sp³-hybridized carbons (Fsp3) is 1.00. The monoisotopic (exact) mass is 149 g/mol. The van der Waals surface area contributed by atoms with Gasteiger partial charge >= 0.3 is 6.05 Å². The molecule has 1 saturated heterocycles. The third-order valence-electron chi connectivity index (χ3n) is 1.91. The van der Waals surface area contributed by atoms with Crippen molar-refractivity contribution in [3.8, 4) is 0 Å². The van der Waals surface area contributed by atoms with Crippen molar-refractivity contribution >= 4 is 0 Å². The smallest absolute Gasteiger partial charge is 0.245 e. The first kappa shape index (κ1) is 7.92. The van der Waals surface area contributed by atoms with Crippen LogP contribution in [-0.2, 0) is 0 Å². The number of piperidine rings is 1. The van der Waals surface area contributed by atoms with E-state index in [1.165, 1.54) is 4.90 Å². The largest absolute Gasteiger partial charge is 0.302 e. The summed E-state index contributed by atoms with van der Waals surface area (Å²) in [6.45, 7) is 2.09. The fourth-order valence-corrected chi connectivity index (χ4v) is 1.29. The lowest BCUT2D eigenvalue weighted by molar-refractivity contribution is -0.136. The van der Waals surface area contributed by atoms with Gasteiger partial charge < -0.3 is 0 Å². The number of likely N-dealkylation sites (tertiary alicyclic amines) is 1. The molecule has 0 aliphatic carbocycles. The Balaban J connectivity index is 2.39. The second-order valence-electron chi connectivity index (χ2n) is 2.89. The highest BCUT2D eigenvalue weighted by Crippen LogP contribution is 2.22. The zero-order chi connectivity index (χ0) is 7.61. The molecule has 0 aromatic heterocycles. The van der Waals surface area contributed by atoms with Crippen LogP contribution in [0.5, 0.6) is 0 Å². The maximum Gasteiger partial charge on any atom is 0.302 e. The molecule has 0 atom stereocenters. The third kappa shape index (κ3) is 1.90. The molecule has 0 unspecified atom stereocenters. The average molecular weight is 149 g/mol. The van der Waals surface area contributed by atoms with E-state index in [0.29, 0.717) is 13.1 Å². The maximum atomic E-state index is 12.5. The van der Waals surface area contributed by atoms with Crippen LogP contribution in [0.2, 0.25) is 0 Å². The minimum absolute atomic E-state index is 0.559. The van der Waals surface area contributed by atoms with E-state index in [0.717, 1.165) is 26.2 Å². The highest BCUT2D eigenvalue weighted by atomic mass is 19.3. The molecule has 1 fully saturated rings. The van der Waals surface area contributed by atoms with Crippen LogP contribution in [0, 0.1) is 0 Å². The van der Waals surface area contributed by atoms with Crippen molar-refractivity contribution in [2.24, 2.45) is 0 Å². The molecule has 0 amide bonds. The first-order valence-electron chi connectivity index (χ1n) is 3.73. The van der Waals surface area contributed by atoms with E-state index >= 15 is 0 Å². The number of nitrogens with zero attached hydrogens (tertiary/aromatic N) is 1. The lowest BCUT2D eigenvalue weighted by Crippen LogP contribution is -2.42. The Bertz CT molecular complexity index is 103. The Morgan fingerprint density at radius 2 is 1.60 bits per heavy atom. The first-order chi connectivity index (χ1) is 4.61. The second-order valence-corrected chi connectivity index (χ2v) is 2.89. The van der Waals surface area contributed by atoms with Crippen LogP contribution in [-0.4, -0.2) is 24.0 Å². The molecule has 60 valence electrons. The van der Waals surface area contributed by atoms with E-state index in [9.17, 15) is 8.78 Å². The Hall–Kier alpha value is -0.180. The molecule has 1 nitrogen and oxygen atoms in total. The van der Waals surface area contributed by atoms with Crippen LogP contribution in [0.4, 0.5) is 8.78 Å². The van der Waals surface area contributed by atoms with Crippen molar-refractivity contribution in [1.29, 1.82) is 0 Å². The average Bonchev–Trinajstić information content (AvgIpc) is 1.88. The Morgan fingerprint density at radius 1 is 1.10 bits per heavy atom. The lowest BCUT2D eigenvalue weighted by atomic mass is 10.1. The lowest BCUT2D eigenvalue weighted by Gasteiger charge is -2.31. The zero-order valence-electron chi connectivity index (χ0n) is 6.24. The third-order valence-corrected chi connectivity index (χ3v) is 1.91. The zero-order valence-corrected chi connectivity index (χ0v) is 6.24. The number of hydrogen-bond donors (Lipinski definition) is 0. The summed E-state index contributed by atoms with van der Waals surface area (Å²) in [6, 6.07) is -2.60. The molecule has 1 aliphatic rings. The van der Waals surface area contributed by atoms with Crippen molar-refractivity contribution in [2.75, 3.05) is 13.1 Å². The van der Waals surface area contributed by atoms with Gasteiger partial charge in [-0.05, 0) is 12.8 Å². The fourth-order valence-electron chi connectivity index (χ4n) is 1.29. The van der Waals surface area contributed by atoms with Crippen LogP contribution >= 0.6 is 0 Å². The minimum Gasteiger partial charge on any atom is -0.245 e. The standard InChI is InChI=1S/C7H13F2N/c1-7(8,9)10-5-3-2-4-6-10/h2-6H2,1H3. The van der Waals surface area contributed by atoms with Crippen molar-refractivity contribution in [2.45, 2.75) is 32.2 Å². The summed E-state index contributed by atoms with van der Waals surface area (Å²) in [7, 11) is 0. The summed E-state index contributed by atoms with van der Waals surface area (Å²) in [5, 5.41) is 0. The number of hydrogen-bond acceptors (Lipinski definition) is 1. The Labute approximate surface area is 60.0 Å². The Kier molecular flexibility index (Phi) is 2.24. The van der Waals surface area contributed by atoms with Gasteiger partial charge in [0.05, 0.1) is 0 Å². The molecule has 0 aromatic rings. The van der Waals surface area contributed by atoms with E-state index in [4.69, 9.17) is 0 Å². The molecule has 1 aliphatic heterocycles. The van der Waals surface area contributed by atoms with E-state index in [-0.39, 0.29) is 0 Å². The summed E-state index contributed by atoms with van der Waals surface area (Å²) in [4.78, 5) is 1.25. The van der Waals surface area contributed by atoms with Gasteiger partial charge in [0.1, 0.15) is 0 Å². The van der Waals surface area contributed by atoms with Crippen molar-refractivity contribution in [3.63, 3.8) is 0 Å². The van der Waals surface area contributed by atoms with Crippen molar-refractivity contribution in [1.82, 2.24) is 4.90 Å². The molecule has 10 heavy (non-hydrogen) atoms. The predicted octanol–water partition coefficient (Wildman–Crippen LogP) is 2.08. The van der Waals surface area contributed by atoms with Gasteiger partial charge in [0, 0.05) is 20.0 Å². The second kappa shape index (κ2) is 2.82. The van der Waals surface area contributed by atoms with E-state index < -0.39 is 6.05 Å². The molecule has 0 bridgehead atoms. The molecular formula is C7H13F2N. The molecule has 0 aromatic carbocycles. The summed E-state index contributed by atoms with van der Waals surface area (Å²) < 4.78 is 25.1. The van der Waals surface area contributed by atoms with Crippen LogP contribution in [0.15, 0.2) is 0 Å². The SMILES string of the molecule is CC(F)(F)N1CCCCC1. The molecular weight excluding hydrogens is 136 g/mol. The quantitative estimate of drug-likeness (QED) is 0.516. The molecule has 0 N–H and O–H groups in total. The van der Waals surface area contributed by atoms with E-state index in [2.05, 4.69) is 0 Å². The summed E-state index contributed by atoms with van der Waals surface area (Å²) in [5.41, 5.74) is 0. The molecule has 1 heterocycles. The normalized spacial score (nSPS) is 23.1. The van der Waals surface area contributed by atoms with Crippen molar-refractivity contribution in [3.05, 3.63) is 0 Å². The van der Waals surface area contributed by atoms with Gasteiger partial charge in [0.2, 0.25) is 0 Å². The topological polar surface area (TPSA) is 3.24 Å². The number of alkyl halides is 2. The molecule has 0 saturated carbocycles. The first-order valence-corrected chi connectivity index (χ1v) is 3.73. The highest BCUT2D eigenvalue weighted by Gasteiger charge is 2.31. The van der Waals surface area contributed by atoms with Crippen LogP contribution in [0.1, 0.15) is 26.2 Å². The van der Waals surface area contributed by atoms with Gasteiger partial charge in [-0.1, -0.05) is 6.42 Å². The number of rotatable bonds is 1. The van der Waals surface area contributed by atoms with Crippen LogP contribution in [0.25, 0.3) is 0 Å². The van der Waals surface area contributed by atoms with Gasteiger partial charge in [0.25, 0.3) is 0 Å². The molecule has 0 radical (unpaired) electrons. The van der Waals surface area contributed by atoms with Gasteiger partial charge in [-0.15, -0.1) is 0 Å². The Morgan fingerprint density at radius 3 is 1.90 bits per heavy atom. The van der Waals surface area contributed by atoms with E-state index in [1.54, 1.807) is 0 Å². The number of halogens is 2. The maximum absolute atomic E-state index is 12.5. The van der Waals surface area contributed by atoms with E-state index in [1.807, 2.05) is 0 Å². The summed E-state index contributed by atoms with van der Waals surface area (Å²) >= 11 is 0. The van der Waals surface area contributed by atoms with Gasteiger partial charge in [-0.2, -0.15) is 8.78 Å². The van der Waals surface area contributed by atoms with Gasteiger partial charge in [0.15, 0.2) is 0 Å². The van der Waals surface area contributed by atoms with Crippen LogP contribution < -0.4 is 0 Å². The molecule has 3 heteroatoms.